The lowest BCUT2D eigenvalue weighted by Gasteiger charge is -2.36. The lowest BCUT2D eigenvalue weighted by molar-refractivity contribution is -0.155. The van der Waals surface area contributed by atoms with E-state index < -0.39 is 35.6 Å². The van der Waals surface area contributed by atoms with Crippen LogP contribution >= 0.6 is 0 Å². The van der Waals surface area contributed by atoms with E-state index in [1.165, 1.54) is 0 Å². The van der Waals surface area contributed by atoms with Crippen molar-refractivity contribution in [3.8, 4) is 0 Å². The number of nitrogens with zero attached hydrogens (tertiary/aromatic N) is 2. The first-order valence-electron chi connectivity index (χ1n) is 13.2. The van der Waals surface area contributed by atoms with E-state index >= 15 is 0 Å². The molecule has 0 radical (unpaired) electrons. The number of hydrogen-bond acceptors (Lipinski definition) is 6. The number of rotatable bonds is 16. The Kier molecular flexibility index (Phi) is 9.92. The van der Waals surface area contributed by atoms with Gasteiger partial charge in [-0.05, 0) is 38.5 Å². The molecule has 3 saturated heterocycles. The monoisotopic (exact) mass is 490 g/mol. The molecule has 196 valence electrons. The van der Waals surface area contributed by atoms with E-state index in [4.69, 9.17) is 14.6 Å². The third-order valence-electron chi connectivity index (χ3n) is 7.62. The Hall–Kier alpha value is -2.19. The highest BCUT2D eigenvalue weighted by atomic mass is 16.6. The largest absolute Gasteiger partial charge is 0.465 e. The third kappa shape index (κ3) is 5.48. The summed E-state index contributed by atoms with van der Waals surface area (Å²) in [6.07, 6.45) is 9.73. The zero-order chi connectivity index (χ0) is 25.4. The van der Waals surface area contributed by atoms with Crippen LogP contribution in [0.1, 0.15) is 64.7 Å². The van der Waals surface area contributed by atoms with E-state index in [-0.39, 0.29) is 25.0 Å². The van der Waals surface area contributed by atoms with Crippen molar-refractivity contribution >= 4 is 17.8 Å². The molecule has 3 heterocycles. The highest BCUT2D eigenvalue weighted by Gasteiger charge is 2.74. The minimum atomic E-state index is -0.988. The standard InChI is InChI=1S/C27H42N2O6/c1-4-7-16-28(15-6-3)25(32)23-27-14-13-20(35-27)21(26(33)34-19-8-5-2)22(27)24(31)29(23)17-11-9-10-12-18-30/h5-6,20-23,30H,2-4,7-19H2,1H3/t20-,21+,22+,23?,27?/m1/s1. The number of carbonyl (C=O) groups excluding carboxylic acids is 3. The van der Waals surface area contributed by atoms with Crippen LogP contribution in [0.3, 0.4) is 0 Å². The lowest BCUT2D eigenvalue weighted by atomic mass is 9.70. The molecule has 0 aromatic carbocycles. The zero-order valence-electron chi connectivity index (χ0n) is 21.2. The summed E-state index contributed by atoms with van der Waals surface area (Å²) in [7, 11) is 0. The molecule has 2 unspecified atom stereocenters. The fraction of sp³-hybridized carbons (Fsp3) is 0.741. The summed E-state index contributed by atoms with van der Waals surface area (Å²) in [5, 5.41) is 9.07. The van der Waals surface area contributed by atoms with Crippen LogP contribution in [0.15, 0.2) is 25.3 Å². The third-order valence-corrected chi connectivity index (χ3v) is 7.62. The number of fused-ring (bicyclic) bond motifs is 1. The molecule has 0 saturated carbocycles. The second kappa shape index (κ2) is 12.7. The highest BCUT2D eigenvalue weighted by Crippen LogP contribution is 2.58. The van der Waals surface area contributed by atoms with Gasteiger partial charge in [0, 0.05) is 26.2 Å². The Morgan fingerprint density at radius 2 is 2.00 bits per heavy atom. The fourth-order valence-electron chi connectivity index (χ4n) is 6.00. The summed E-state index contributed by atoms with van der Waals surface area (Å²) in [5.41, 5.74) is -0.988. The Balaban J connectivity index is 1.88. The SMILES string of the molecule is C=CCCOC(=O)[C@@H]1[C@H]2C(=O)N(CCCCCCO)C(C(=O)N(CC=C)CCCC)C23CC[C@H]1O3. The average molecular weight is 491 g/mol. The molecule has 3 aliphatic rings. The van der Waals surface area contributed by atoms with Crippen LogP contribution in [0.4, 0.5) is 0 Å². The van der Waals surface area contributed by atoms with Gasteiger partial charge in [-0.3, -0.25) is 14.4 Å². The van der Waals surface area contributed by atoms with E-state index in [9.17, 15) is 14.4 Å². The molecule has 8 heteroatoms. The molecule has 3 aliphatic heterocycles. The molecule has 0 aliphatic carbocycles. The molecule has 3 rings (SSSR count). The van der Waals surface area contributed by atoms with Crippen LogP contribution in [0.2, 0.25) is 0 Å². The van der Waals surface area contributed by atoms with E-state index in [2.05, 4.69) is 20.1 Å². The quantitative estimate of drug-likeness (QED) is 0.203. The Bertz CT molecular complexity index is 786. The number of likely N-dealkylation sites (tertiary alicyclic amines) is 1. The molecule has 1 N–H and O–H groups in total. The van der Waals surface area contributed by atoms with Gasteiger partial charge in [0.25, 0.3) is 0 Å². The molecular weight excluding hydrogens is 448 g/mol. The minimum Gasteiger partial charge on any atom is -0.465 e. The molecule has 8 nitrogen and oxygen atoms in total. The fourth-order valence-corrected chi connectivity index (χ4v) is 6.00. The van der Waals surface area contributed by atoms with Gasteiger partial charge in [-0.25, -0.2) is 0 Å². The van der Waals surface area contributed by atoms with Crippen LogP contribution < -0.4 is 0 Å². The van der Waals surface area contributed by atoms with Gasteiger partial charge in [-0.1, -0.05) is 38.3 Å². The number of esters is 1. The smallest absolute Gasteiger partial charge is 0.312 e. The van der Waals surface area contributed by atoms with Crippen molar-refractivity contribution in [2.75, 3.05) is 32.8 Å². The van der Waals surface area contributed by atoms with Gasteiger partial charge >= 0.3 is 5.97 Å². The molecule has 0 aromatic rings. The van der Waals surface area contributed by atoms with Gasteiger partial charge in [-0.2, -0.15) is 0 Å². The summed E-state index contributed by atoms with van der Waals surface area (Å²) < 4.78 is 11.9. The molecule has 2 bridgehead atoms. The van der Waals surface area contributed by atoms with Gasteiger partial charge < -0.3 is 24.4 Å². The predicted octanol–water partition coefficient (Wildman–Crippen LogP) is 2.85. The van der Waals surface area contributed by atoms with Crippen molar-refractivity contribution in [1.29, 1.82) is 0 Å². The summed E-state index contributed by atoms with van der Waals surface area (Å²) in [6, 6.07) is -0.745. The second-order valence-corrected chi connectivity index (χ2v) is 9.90. The van der Waals surface area contributed by atoms with Gasteiger partial charge in [0.1, 0.15) is 11.6 Å². The number of hydrogen-bond donors (Lipinski definition) is 1. The maximum absolute atomic E-state index is 14.0. The van der Waals surface area contributed by atoms with Gasteiger partial charge in [0.05, 0.1) is 24.5 Å². The number of amides is 2. The molecule has 3 fully saturated rings. The Labute approximate surface area is 209 Å². The normalized spacial score (nSPS) is 28.7. The van der Waals surface area contributed by atoms with Crippen molar-refractivity contribution in [2.24, 2.45) is 11.8 Å². The first-order valence-corrected chi connectivity index (χ1v) is 13.2. The number of aliphatic hydroxyl groups excluding tert-OH is 1. The van der Waals surface area contributed by atoms with Crippen LogP contribution in [-0.4, -0.2) is 83.3 Å². The van der Waals surface area contributed by atoms with Crippen LogP contribution in [0.25, 0.3) is 0 Å². The van der Waals surface area contributed by atoms with Gasteiger partial charge in [-0.15, -0.1) is 13.2 Å². The summed E-state index contributed by atoms with van der Waals surface area (Å²) in [5.74, 6) is -2.08. The van der Waals surface area contributed by atoms with Crippen molar-refractivity contribution in [2.45, 2.75) is 82.5 Å². The Morgan fingerprint density at radius 3 is 2.69 bits per heavy atom. The van der Waals surface area contributed by atoms with Crippen LogP contribution in [-0.2, 0) is 23.9 Å². The zero-order valence-corrected chi connectivity index (χ0v) is 21.2. The lowest BCUT2D eigenvalue weighted by Crippen LogP contribution is -2.56. The van der Waals surface area contributed by atoms with Gasteiger partial charge in [0.15, 0.2) is 0 Å². The van der Waals surface area contributed by atoms with Gasteiger partial charge in [0.2, 0.25) is 11.8 Å². The second-order valence-electron chi connectivity index (χ2n) is 9.90. The topological polar surface area (TPSA) is 96.4 Å². The predicted molar refractivity (Wildman–Crippen MR) is 132 cm³/mol. The highest BCUT2D eigenvalue weighted by molar-refractivity contribution is 5.98. The summed E-state index contributed by atoms with van der Waals surface area (Å²) >= 11 is 0. The van der Waals surface area contributed by atoms with E-state index in [1.807, 2.05) is 0 Å². The maximum atomic E-state index is 14.0. The molecule has 2 amide bonds. The minimum absolute atomic E-state index is 0.120. The van der Waals surface area contributed by atoms with E-state index in [0.29, 0.717) is 38.9 Å². The van der Waals surface area contributed by atoms with Crippen molar-refractivity contribution in [1.82, 2.24) is 9.80 Å². The summed E-state index contributed by atoms with van der Waals surface area (Å²) in [6.45, 7) is 11.4. The first kappa shape index (κ1) is 27.4. The molecule has 5 atom stereocenters. The van der Waals surface area contributed by atoms with E-state index in [1.54, 1.807) is 22.0 Å². The first-order chi connectivity index (χ1) is 17.0. The van der Waals surface area contributed by atoms with Crippen molar-refractivity contribution in [3.05, 3.63) is 25.3 Å². The maximum Gasteiger partial charge on any atom is 0.312 e. The van der Waals surface area contributed by atoms with Crippen molar-refractivity contribution in [3.63, 3.8) is 0 Å². The van der Waals surface area contributed by atoms with Crippen molar-refractivity contribution < 1.29 is 29.0 Å². The average Bonchev–Trinajstić information content (AvgIpc) is 3.49. The van der Waals surface area contributed by atoms with Crippen LogP contribution in [0, 0.1) is 11.8 Å². The molecule has 1 spiro atoms. The Morgan fingerprint density at radius 1 is 1.23 bits per heavy atom. The number of carbonyl (C=O) groups is 3. The number of ether oxygens (including phenoxy) is 2. The summed E-state index contributed by atoms with van der Waals surface area (Å²) in [4.78, 5) is 44.3. The molecular formula is C27H42N2O6. The number of unbranched alkanes of at least 4 members (excludes halogenated alkanes) is 4. The van der Waals surface area contributed by atoms with E-state index in [0.717, 1.165) is 38.5 Å². The molecule has 0 aromatic heterocycles. The molecule has 35 heavy (non-hydrogen) atoms. The number of aliphatic hydroxyl groups is 1. The van der Waals surface area contributed by atoms with Crippen LogP contribution in [0.5, 0.6) is 0 Å².